The lowest BCUT2D eigenvalue weighted by atomic mass is 9.45. The van der Waals surface area contributed by atoms with Gasteiger partial charge in [-0.3, -0.25) is 4.79 Å². The molecule has 3 fully saturated rings. The molecule has 0 aromatic heterocycles. The van der Waals surface area contributed by atoms with Gasteiger partial charge in [-0.25, -0.2) is 0 Å². The van der Waals surface area contributed by atoms with Crippen LogP contribution in [0.25, 0.3) is 0 Å². The van der Waals surface area contributed by atoms with E-state index in [9.17, 15) is 4.79 Å². The van der Waals surface area contributed by atoms with Crippen LogP contribution in [0.3, 0.4) is 0 Å². The molecule has 4 aliphatic carbocycles. The summed E-state index contributed by atoms with van der Waals surface area (Å²) in [6.07, 6.45) is 12.6. The standard InChI is InChI=1S/C29H46O2/c1-18-20-8-9-23-22(27(20,5)15-12-24(18)30)11-17-28(6)21(10-16-29(23,28)7)19(2)25-13-14-26(3,4)31-25/h18-21,25H,8-17H2,1-7H3/t18-,19-,20-,21+,25?,27-,28+,29-/m0/s1. The highest BCUT2D eigenvalue weighted by atomic mass is 16.5. The van der Waals surface area contributed by atoms with Crippen LogP contribution in [0.4, 0.5) is 0 Å². The minimum atomic E-state index is 0.0616. The van der Waals surface area contributed by atoms with Gasteiger partial charge in [0.05, 0.1) is 11.7 Å². The first kappa shape index (κ1) is 22.2. The highest BCUT2D eigenvalue weighted by Crippen LogP contribution is 2.71. The van der Waals surface area contributed by atoms with Crippen molar-refractivity contribution in [2.45, 2.75) is 124 Å². The van der Waals surface area contributed by atoms with Crippen LogP contribution in [-0.4, -0.2) is 17.5 Å². The van der Waals surface area contributed by atoms with E-state index in [4.69, 9.17) is 4.74 Å². The average molecular weight is 427 g/mol. The highest BCUT2D eigenvalue weighted by molar-refractivity contribution is 5.82. The molecule has 5 aliphatic rings. The Kier molecular flexibility index (Phi) is 4.96. The molecule has 1 unspecified atom stereocenters. The zero-order valence-electron chi connectivity index (χ0n) is 21.3. The molecular weight excluding hydrogens is 380 g/mol. The first-order chi connectivity index (χ1) is 14.4. The van der Waals surface area contributed by atoms with Crippen molar-refractivity contribution < 1.29 is 9.53 Å². The van der Waals surface area contributed by atoms with Crippen LogP contribution in [0, 0.1) is 39.9 Å². The monoisotopic (exact) mass is 426 g/mol. The van der Waals surface area contributed by atoms with Crippen LogP contribution in [0.5, 0.6) is 0 Å². The van der Waals surface area contributed by atoms with Crippen LogP contribution < -0.4 is 0 Å². The first-order valence-corrected chi connectivity index (χ1v) is 13.4. The van der Waals surface area contributed by atoms with Crippen molar-refractivity contribution in [2.75, 3.05) is 0 Å². The molecule has 0 spiro atoms. The number of ether oxygens (including phenoxy) is 1. The zero-order chi connectivity index (χ0) is 22.4. The molecule has 0 N–H and O–H groups in total. The third-order valence-electron chi connectivity index (χ3n) is 11.9. The Morgan fingerprint density at radius 2 is 1.61 bits per heavy atom. The molecule has 174 valence electrons. The normalized spacial score (nSPS) is 50.1. The van der Waals surface area contributed by atoms with Gasteiger partial charge in [-0.2, -0.15) is 0 Å². The average Bonchev–Trinajstić information content (AvgIpc) is 3.21. The fraction of sp³-hybridized carbons (Fsp3) is 0.897. The minimum absolute atomic E-state index is 0.0616. The number of hydrogen-bond acceptors (Lipinski definition) is 2. The maximum Gasteiger partial charge on any atom is 0.136 e. The molecule has 0 radical (unpaired) electrons. The maximum atomic E-state index is 12.5. The summed E-state index contributed by atoms with van der Waals surface area (Å²) in [7, 11) is 0. The fourth-order valence-corrected chi connectivity index (χ4v) is 9.65. The van der Waals surface area contributed by atoms with Gasteiger partial charge < -0.3 is 4.74 Å². The Labute approximate surface area is 191 Å². The van der Waals surface area contributed by atoms with E-state index in [2.05, 4.69) is 48.5 Å². The summed E-state index contributed by atoms with van der Waals surface area (Å²) in [6.45, 7) is 17.1. The molecule has 31 heavy (non-hydrogen) atoms. The smallest absolute Gasteiger partial charge is 0.136 e. The van der Waals surface area contributed by atoms with Crippen LogP contribution in [0.15, 0.2) is 11.1 Å². The quantitative estimate of drug-likeness (QED) is 0.427. The van der Waals surface area contributed by atoms with Crippen molar-refractivity contribution in [3.05, 3.63) is 11.1 Å². The van der Waals surface area contributed by atoms with E-state index in [1.807, 2.05) is 5.57 Å². The number of rotatable bonds is 2. The molecule has 2 nitrogen and oxygen atoms in total. The summed E-state index contributed by atoms with van der Waals surface area (Å²) in [5.74, 6) is 2.77. The third kappa shape index (κ3) is 2.95. The maximum absolute atomic E-state index is 12.5. The zero-order valence-corrected chi connectivity index (χ0v) is 21.3. The largest absolute Gasteiger partial charge is 0.372 e. The van der Waals surface area contributed by atoms with E-state index in [-0.39, 0.29) is 16.9 Å². The van der Waals surface area contributed by atoms with Crippen molar-refractivity contribution in [1.29, 1.82) is 0 Å². The first-order valence-electron chi connectivity index (χ1n) is 13.4. The molecular formula is C29H46O2. The molecule has 1 saturated heterocycles. The van der Waals surface area contributed by atoms with Gasteiger partial charge in [0.1, 0.15) is 5.78 Å². The summed E-state index contributed by atoms with van der Waals surface area (Å²) in [5, 5.41) is 0. The number of fused-ring (bicyclic) bond motifs is 4. The Morgan fingerprint density at radius 3 is 2.29 bits per heavy atom. The molecule has 2 heteroatoms. The number of ketones is 1. The summed E-state index contributed by atoms with van der Waals surface area (Å²) in [4.78, 5) is 12.5. The van der Waals surface area contributed by atoms with Gasteiger partial charge in [0.2, 0.25) is 0 Å². The minimum Gasteiger partial charge on any atom is -0.372 e. The second-order valence-corrected chi connectivity index (χ2v) is 13.5. The van der Waals surface area contributed by atoms with Gasteiger partial charge in [-0.1, -0.05) is 45.8 Å². The van der Waals surface area contributed by atoms with Crippen molar-refractivity contribution in [2.24, 2.45) is 39.9 Å². The summed E-state index contributed by atoms with van der Waals surface area (Å²) < 4.78 is 6.55. The second-order valence-electron chi connectivity index (χ2n) is 13.5. The van der Waals surface area contributed by atoms with Gasteiger partial charge >= 0.3 is 0 Å². The SMILES string of the molecule is C[C@@H]1C(=O)CC[C@]2(C)C3=C(CC[C@@H]12)[C@]1(C)CC[C@H]([C@H](C)C2CCC(C)(C)O2)[C@@]1(C)CC3. The Hall–Kier alpha value is -0.630. The Bertz CT molecular complexity index is 808. The van der Waals surface area contributed by atoms with Gasteiger partial charge in [0.15, 0.2) is 0 Å². The van der Waals surface area contributed by atoms with E-state index in [0.717, 1.165) is 18.8 Å². The van der Waals surface area contributed by atoms with Crippen LogP contribution in [-0.2, 0) is 9.53 Å². The molecule has 0 amide bonds. The predicted octanol–water partition coefficient (Wildman–Crippen LogP) is 7.51. The van der Waals surface area contributed by atoms with E-state index in [1.165, 1.54) is 51.4 Å². The van der Waals surface area contributed by atoms with Crippen molar-refractivity contribution in [3.63, 3.8) is 0 Å². The Balaban J connectivity index is 1.47. The molecule has 0 aromatic carbocycles. The van der Waals surface area contributed by atoms with Crippen LogP contribution in [0.1, 0.15) is 113 Å². The number of Topliss-reactive ketones (excluding diaryl/α,β-unsaturated/α-hetero) is 1. The van der Waals surface area contributed by atoms with Crippen molar-refractivity contribution in [1.82, 2.24) is 0 Å². The molecule has 2 saturated carbocycles. The van der Waals surface area contributed by atoms with Crippen LogP contribution in [0.2, 0.25) is 0 Å². The van der Waals surface area contributed by atoms with Crippen LogP contribution >= 0.6 is 0 Å². The lowest BCUT2D eigenvalue weighted by Gasteiger charge is -2.59. The van der Waals surface area contributed by atoms with Crippen molar-refractivity contribution in [3.8, 4) is 0 Å². The summed E-state index contributed by atoms with van der Waals surface area (Å²) >= 11 is 0. The molecule has 5 rings (SSSR count). The van der Waals surface area contributed by atoms with Crippen molar-refractivity contribution >= 4 is 5.78 Å². The number of hydrogen-bond donors (Lipinski definition) is 0. The molecule has 0 aromatic rings. The van der Waals surface area contributed by atoms with E-state index in [0.29, 0.717) is 34.6 Å². The van der Waals surface area contributed by atoms with Gasteiger partial charge in [0.25, 0.3) is 0 Å². The Morgan fingerprint density at radius 1 is 0.871 bits per heavy atom. The third-order valence-corrected chi connectivity index (χ3v) is 11.9. The number of carbonyl (C=O) groups excluding carboxylic acids is 1. The van der Waals surface area contributed by atoms with Gasteiger partial charge in [-0.15, -0.1) is 0 Å². The lowest BCUT2D eigenvalue weighted by Crippen LogP contribution is -2.51. The van der Waals surface area contributed by atoms with Gasteiger partial charge in [0, 0.05) is 12.3 Å². The van der Waals surface area contributed by atoms with Gasteiger partial charge in [-0.05, 0) is 106 Å². The lowest BCUT2D eigenvalue weighted by molar-refractivity contribution is -0.130. The topological polar surface area (TPSA) is 26.3 Å². The predicted molar refractivity (Wildman–Crippen MR) is 127 cm³/mol. The summed E-state index contributed by atoms with van der Waals surface area (Å²) in [6, 6.07) is 0. The molecule has 8 atom stereocenters. The highest BCUT2D eigenvalue weighted by Gasteiger charge is 2.62. The van der Waals surface area contributed by atoms with E-state index >= 15 is 0 Å². The number of carbonyl (C=O) groups is 1. The molecule has 1 aliphatic heterocycles. The fourth-order valence-electron chi connectivity index (χ4n) is 9.65. The van der Waals surface area contributed by atoms with E-state index in [1.54, 1.807) is 5.57 Å². The molecule has 0 bridgehead atoms. The summed E-state index contributed by atoms with van der Waals surface area (Å²) in [5.41, 5.74) is 4.70. The number of allylic oxidation sites excluding steroid dienone is 2. The molecule has 1 heterocycles. The van der Waals surface area contributed by atoms with E-state index < -0.39 is 0 Å². The second kappa shape index (κ2) is 6.94.